The van der Waals surface area contributed by atoms with E-state index in [-0.39, 0.29) is 5.97 Å². The fraction of sp³-hybridized carbons (Fsp3) is 0.588. The number of carbonyl (C=O) groups is 1. The molecule has 0 aromatic heterocycles. The van der Waals surface area contributed by atoms with E-state index in [1.807, 2.05) is 32.9 Å². The monoisotopic (exact) mass is 293 g/mol. The molecule has 4 heteroatoms. The number of nitrogens with one attached hydrogen (secondary N) is 1. The standard InChI is InChI=1S/C17H27NO3/c1-6-8-18-17(4,16(19)20-5)7-9-21-15-11-13(2)10-14(3)12-15/h10-12,18H,6-9H2,1-5H3. The highest BCUT2D eigenvalue weighted by Gasteiger charge is 2.33. The van der Waals surface area contributed by atoms with E-state index >= 15 is 0 Å². The van der Waals surface area contributed by atoms with E-state index in [4.69, 9.17) is 9.47 Å². The van der Waals surface area contributed by atoms with Crippen LogP contribution in [0.25, 0.3) is 0 Å². The van der Waals surface area contributed by atoms with Crippen molar-refractivity contribution in [3.63, 3.8) is 0 Å². The Balaban J connectivity index is 2.62. The first kappa shape index (κ1) is 17.5. The normalized spacial score (nSPS) is 13.6. The van der Waals surface area contributed by atoms with Gasteiger partial charge in [0, 0.05) is 6.42 Å². The van der Waals surface area contributed by atoms with E-state index in [1.165, 1.54) is 18.2 Å². The van der Waals surface area contributed by atoms with Crippen molar-refractivity contribution in [3.05, 3.63) is 29.3 Å². The van der Waals surface area contributed by atoms with Crippen LogP contribution in [0.15, 0.2) is 18.2 Å². The minimum absolute atomic E-state index is 0.250. The molecule has 1 N–H and O–H groups in total. The number of aryl methyl sites for hydroxylation is 2. The third kappa shape index (κ3) is 5.38. The summed E-state index contributed by atoms with van der Waals surface area (Å²) in [6.45, 7) is 9.25. The molecule has 1 rings (SSSR count). The number of esters is 1. The average molecular weight is 293 g/mol. The first-order valence-electron chi connectivity index (χ1n) is 7.46. The van der Waals surface area contributed by atoms with Crippen LogP contribution in [0.3, 0.4) is 0 Å². The zero-order valence-corrected chi connectivity index (χ0v) is 13.8. The van der Waals surface area contributed by atoms with Gasteiger partial charge < -0.3 is 14.8 Å². The number of hydrogen-bond acceptors (Lipinski definition) is 4. The first-order chi connectivity index (χ1) is 9.91. The Morgan fingerprint density at radius 3 is 2.38 bits per heavy atom. The Hall–Kier alpha value is -1.55. The fourth-order valence-corrected chi connectivity index (χ4v) is 2.28. The lowest BCUT2D eigenvalue weighted by Gasteiger charge is -2.28. The Morgan fingerprint density at radius 2 is 1.86 bits per heavy atom. The zero-order valence-electron chi connectivity index (χ0n) is 13.8. The van der Waals surface area contributed by atoms with Crippen LogP contribution in [-0.4, -0.2) is 31.8 Å². The molecule has 0 saturated heterocycles. The summed E-state index contributed by atoms with van der Waals surface area (Å²) in [6, 6.07) is 6.11. The van der Waals surface area contributed by atoms with Gasteiger partial charge in [0.05, 0.1) is 13.7 Å². The maximum Gasteiger partial charge on any atom is 0.325 e. The van der Waals surface area contributed by atoms with E-state index in [9.17, 15) is 4.79 Å². The van der Waals surface area contributed by atoms with Crippen molar-refractivity contribution in [2.75, 3.05) is 20.3 Å². The molecule has 0 heterocycles. The molecule has 1 aromatic carbocycles. The van der Waals surface area contributed by atoms with Crippen LogP contribution in [0.1, 0.15) is 37.8 Å². The minimum atomic E-state index is -0.705. The molecule has 0 spiro atoms. The van der Waals surface area contributed by atoms with E-state index in [0.29, 0.717) is 13.0 Å². The lowest BCUT2D eigenvalue weighted by atomic mass is 9.98. The van der Waals surface area contributed by atoms with Crippen LogP contribution >= 0.6 is 0 Å². The number of benzene rings is 1. The van der Waals surface area contributed by atoms with Gasteiger partial charge in [-0.15, -0.1) is 0 Å². The summed E-state index contributed by atoms with van der Waals surface area (Å²) in [5.74, 6) is 0.593. The van der Waals surface area contributed by atoms with Gasteiger partial charge in [-0.3, -0.25) is 4.79 Å². The Labute approximate surface area is 127 Å². The van der Waals surface area contributed by atoms with Crippen LogP contribution in [0, 0.1) is 13.8 Å². The van der Waals surface area contributed by atoms with Crippen molar-refractivity contribution in [2.24, 2.45) is 0 Å². The summed E-state index contributed by atoms with van der Waals surface area (Å²) in [4.78, 5) is 11.9. The summed E-state index contributed by atoms with van der Waals surface area (Å²) in [5.41, 5.74) is 1.64. The maximum atomic E-state index is 11.9. The van der Waals surface area contributed by atoms with Gasteiger partial charge >= 0.3 is 5.97 Å². The first-order valence-corrected chi connectivity index (χ1v) is 7.46. The van der Waals surface area contributed by atoms with Gasteiger partial charge in [0.1, 0.15) is 11.3 Å². The maximum absolute atomic E-state index is 11.9. The molecule has 0 saturated carbocycles. The van der Waals surface area contributed by atoms with Gasteiger partial charge in [0.15, 0.2) is 0 Å². The summed E-state index contributed by atoms with van der Waals surface area (Å²) in [7, 11) is 1.42. The minimum Gasteiger partial charge on any atom is -0.493 e. The predicted molar refractivity (Wildman–Crippen MR) is 84.7 cm³/mol. The van der Waals surface area contributed by atoms with Crippen molar-refractivity contribution in [1.29, 1.82) is 0 Å². The number of carbonyl (C=O) groups excluding carboxylic acids is 1. The number of rotatable bonds is 8. The Bertz CT molecular complexity index is 453. The molecule has 1 aromatic rings. The number of hydrogen-bond donors (Lipinski definition) is 1. The SMILES string of the molecule is CCCNC(C)(CCOc1cc(C)cc(C)c1)C(=O)OC. The van der Waals surface area contributed by atoms with E-state index in [2.05, 4.69) is 18.3 Å². The Morgan fingerprint density at radius 1 is 1.24 bits per heavy atom. The Kier molecular flexibility index (Phi) is 6.69. The highest BCUT2D eigenvalue weighted by atomic mass is 16.5. The summed E-state index contributed by atoms with van der Waals surface area (Å²) < 4.78 is 10.7. The van der Waals surface area contributed by atoms with Gasteiger partial charge in [-0.1, -0.05) is 13.0 Å². The molecule has 118 valence electrons. The quantitative estimate of drug-likeness (QED) is 0.749. The summed E-state index contributed by atoms with van der Waals surface area (Å²) >= 11 is 0. The van der Waals surface area contributed by atoms with Crippen LogP contribution in [-0.2, 0) is 9.53 Å². The van der Waals surface area contributed by atoms with Crippen molar-refractivity contribution in [2.45, 2.75) is 46.1 Å². The average Bonchev–Trinajstić information content (AvgIpc) is 2.43. The molecule has 0 aliphatic heterocycles. The molecule has 21 heavy (non-hydrogen) atoms. The zero-order chi connectivity index (χ0) is 15.9. The molecule has 0 bridgehead atoms. The third-order valence-electron chi connectivity index (χ3n) is 3.47. The van der Waals surface area contributed by atoms with E-state index in [0.717, 1.165) is 18.7 Å². The van der Waals surface area contributed by atoms with Crippen molar-refractivity contribution in [3.8, 4) is 5.75 Å². The van der Waals surface area contributed by atoms with E-state index in [1.54, 1.807) is 0 Å². The third-order valence-corrected chi connectivity index (χ3v) is 3.47. The van der Waals surface area contributed by atoms with Gasteiger partial charge in [0.25, 0.3) is 0 Å². The largest absolute Gasteiger partial charge is 0.493 e. The molecule has 1 atom stereocenters. The summed E-state index contributed by atoms with van der Waals surface area (Å²) in [6.07, 6.45) is 1.52. The molecular weight excluding hydrogens is 266 g/mol. The predicted octanol–water partition coefficient (Wildman–Crippen LogP) is 3.00. The van der Waals surface area contributed by atoms with Gasteiger partial charge in [0.2, 0.25) is 0 Å². The molecule has 4 nitrogen and oxygen atoms in total. The molecule has 0 aliphatic carbocycles. The molecular formula is C17H27NO3. The van der Waals surface area contributed by atoms with Crippen molar-refractivity contribution < 1.29 is 14.3 Å². The highest BCUT2D eigenvalue weighted by Crippen LogP contribution is 2.18. The van der Waals surface area contributed by atoms with Crippen LogP contribution < -0.4 is 10.1 Å². The van der Waals surface area contributed by atoms with Crippen LogP contribution in [0.5, 0.6) is 5.75 Å². The number of methoxy groups -OCH3 is 1. The highest BCUT2D eigenvalue weighted by molar-refractivity contribution is 5.80. The topological polar surface area (TPSA) is 47.6 Å². The van der Waals surface area contributed by atoms with Crippen LogP contribution in [0.4, 0.5) is 0 Å². The summed E-state index contributed by atoms with van der Waals surface area (Å²) in [5, 5.41) is 3.25. The van der Waals surface area contributed by atoms with Crippen molar-refractivity contribution >= 4 is 5.97 Å². The van der Waals surface area contributed by atoms with Gasteiger partial charge in [-0.05, 0) is 57.0 Å². The molecule has 0 fully saturated rings. The second-order valence-electron chi connectivity index (χ2n) is 5.67. The molecule has 0 aliphatic rings. The lowest BCUT2D eigenvalue weighted by Crippen LogP contribution is -2.51. The van der Waals surface area contributed by atoms with Gasteiger partial charge in [-0.25, -0.2) is 0 Å². The molecule has 0 radical (unpaired) electrons. The molecule has 0 amide bonds. The fourth-order valence-electron chi connectivity index (χ4n) is 2.28. The molecule has 1 unspecified atom stereocenters. The van der Waals surface area contributed by atoms with Crippen LogP contribution in [0.2, 0.25) is 0 Å². The van der Waals surface area contributed by atoms with Gasteiger partial charge in [-0.2, -0.15) is 0 Å². The van der Waals surface area contributed by atoms with Crippen molar-refractivity contribution in [1.82, 2.24) is 5.32 Å². The second kappa shape index (κ2) is 8.03. The second-order valence-corrected chi connectivity index (χ2v) is 5.67. The lowest BCUT2D eigenvalue weighted by molar-refractivity contribution is -0.148. The smallest absolute Gasteiger partial charge is 0.325 e. The number of ether oxygens (including phenoxy) is 2. The van der Waals surface area contributed by atoms with E-state index < -0.39 is 5.54 Å².